The van der Waals surface area contributed by atoms with Crippen LogP contribution < -0.4 is 0 Å². The minimum Gasteiger partial charge on any atom is -0.468 e. The van der Waals surface area contributed by atoms with Gasteiger partial charge in [-0.1, -0.05) is 0 Å². The second-order valence-electron chi connectivity index (χ2n) is 2.90. The average Bonchev–Trinajstić information content (AvgIpc) is 1.65. The van der Waals surface area contributed by atoms with Crippen molar-refractivity contribution in [3.63, 3.8) is 0 Å². The molecule has 2 nitrogen and oxygen atoms in total. The highest BCUT2D eigenvalue weighted by molar-refractivity contribution is 4.50. The molecule has 1 aliphatic heterocycles. The van der Waals surface area contributed by atoms with Gasteiger partial charge in [0.15, 0.2) is 0 Å². The molecule has 0 aliphatic carbocycles. The van der Waals surface area contributed by atoms with Crippen LogP contribution >= 0.6 is 0 Å². The van der Waals surface area contributed by atoms with Gasteiger partial charge in [0, 0.05) is 0 Å². The van der Waals surface area contributed by atoms with E-state index in [4.69, 9.17) is 5.84 Å². The van der Waals surface area contributed by atoms with E-state index in [9.17, 15) is 0 Å². The minimum absolute atomic E-state index is 0.500. The average molecular weight is 114 g/mol. The molecule has 2 heteroatoms. The number of hydrogen-bond acceptors (Lipinski definition) is 0. The SMILES string of the molecule is C[N+]1([NH-])CCCCC1. The highest BCUT2D eigenvalue weighted by atomic mass is 15.6. The van der Waals surface area contributed by atoms with Crippen LogP contribution in [0.3, 0.4) is 0 Å². The van der Waals surface area contributed by atoms with Crippen LogP contribution in [0.15, 0.2) is 0 Å². The van der Waals surface area contributed by atoms with E-state index in [1.807, 2.05) is 7.05 Å². The van der Waals surface area contributed by atoms with Crippen LogP contribution in [0.1, 0.15) is 19.3 Å². The lowest BCUT2D eigenvalue weighted by Gasteiger charge is -2.41. The van der Waals surface area contributed by atoms with E-state index < -0.39 is 0 Å². The highest BCUT2D eigenvalue weighted by Gasteiger charge is 2.12. The molecule has 1 rings (SSSR count). The number of nitrogens with one attached hydrogen (secondary N) is 1. The summed E-state index contributed by atoms with van der Waals surface area (Å²) < 4.78 is 0.500. The molecule has 0 atom stereocenters. The van der Waals surface area contributed by atoms with Gasteiger partial charge in [0.2, 0.25) is 0 Å². The maximum absolute atomic E-state index is 7.56. The highest BCUT2D eigenvalue weighted by Crippen LogP contribution is 2.14. The molecule has 1 saturated heterocycles. The third kappa shape index (κ3) is 1.46. The lowest BCUT2D eigenvalue weighted by Crippen LogP contribution is -2.40. The lowest BCUT2D eigenvalue weighted by molar-refractivity contribution is -0.865. The number of likely N-dealkylation sites (tertiary alicyclic amines) is 1. The van der Waals surface area contributed by atoms with Gasteiger partial charge in [-0.05, 0) is 19.3 Å². The largest absolute Gasteiger partial charge is 0.468 e. The van der Waals surface area contributed by atoms with Crippen molar-refractivity contribution < 1.29 is 4.59 Å². The summed E-state index contributed by atoms with van der Waals surface area (Å²) in [7, 11) is 1.99. The summed E-state index contributed by atoms with van der Waals surface area (Å²) in [4.78, 5) is 0. The van der Waals surface area contributed by atoms with Gasteiger partial charge in [0.05, 0.1) is 20.1 Å². The zero-order valence-electron chi connectivity index (χ0n) is 5.48. The molecule has 0 radical (unpaired) electrons. The lowest BCUT2D eigenvalue weighted by atomic mass is 10.1. The van der Waals surface area contributed by atoms with Gasteiger partial charge in [-0.25, -0.2) is 0 Å². The normalized spacial score (nSPS) is 27.8. The number of piperidine rings is 1. The molecule has 0 amide bonds. The molecule has 0 aromatic rings. The molecular weight excluding hydrogens is 100 g/mol. The van der Waals surface area contributed by atoms with Crippen molar-refractivity contribution in [3.05, 3.63) is 5.84 Å². The molecular formula is C6H14N2. The van der Waals surface area contributed by atoms with E-state index in [2.05, 4.69) is 0 Å². The number of quaternary nitrogens is 1. The second-order valence-corrected chi connectivity index (χ2v) is 2.90. The third-order valence-electron chi connectivity index (χ3n) is 1.80. The van der Waals surface area contributed by atoms with E-state index in [0.29, 0.717) is 4.59 Å². The van der Waals surface area contributed by atoms with Gasteiger partial charge in [0.25, 0.3) is 0 Å². The molecule has 0 spiro atoms. The van der Waals surface area contributed by atoms with Gasteiger partial charge in [-0.2, -0.15) is 0 Å². The molecule has 1 N–H and O–H groups in total. The van der Waals surface area contributed by atoms with Crippen LogP contribution in [0.4, 0.5) is 0 Å². The van der Waals surface area contributed by atoms with Crippen molar-refractivity contribution in [1.29, 1.82) is 0 Å². The van der Waals surface area contributed by atoms with Crippen LogP contribution in [0, 0.1) is 0 Å². The maximum atomic E-state index is 7.56. The third-order valence-corrected chi connectivity index (χ3v) is 1.80. The summed E-state index contributed by atoms with van der Waals surface area (Å²) in [5.74, 6) is 7.56. The van der Waals surface area contributed by atoms with Crippen molar-refractivity contribution in [3.8, 4) is 0 Å². The van der Waals surface area contributed by atoms with Crippen molar-refractivity contribution in [2.45, 2.75) is 19.3 Å². The summed E-state index contributed by atoms with van der Waals surface area (Å²) in [6, 6.07) is 0. The molecule has 0 aromatic heterocycles. The number of nitrogens with zero attached hydrogens (tertiary/aromatic N) is 1. The van der Waals surface area contributed by atoms with Crippen LogP contribution in [-0.4, -0.2) is 24.7 Å². The van der Waals surface area contributed by atoms with Gasteiger partial charge in [0.1, 0.15) is 0 Å². The van der Waals surface area contributed by atoms with E-state index in [-0.39, 0.29) is 0 Å². The molecule has 8 heavy (non-hydrogen) atoms. The van der Waals surface area contributed by atoms with Crippen LogP contribution in [0.5, 0.6) is 0 Å². The molecule has 0 aromatic carbocycles. The Hall–Kier alpha value is -0.0800. The fourth-order valence-corrected chi connectivity index (χ4v) is 1.21. The Bertz CT molecular complexity index is 70.6. The van der Waals surface area contributed by atoms with Gasteiger partial charge >= 0.3 is 0 Å². The van der Waals surface area contributed by atoms with Gasteiger partial charge in [-0.15, -0.1) is 0 Å². The Kier molecular flexibility index (Phi) is 1.54. The topological polar surface area (TPSA) is 23.8 Å². The standard InChI is InChI=1S/C6H14N2/c1-8(7)5-3-2-4-6-8/h7H,2-6H2,1H3. The first-order chi connectivity index (χ1) is 3.71. The summed E-state index contributed by atoms with van der Waals surface area (Å²) >= 11 is 0. The Morgan fingerprint density at radius 3 is 1.88 bits per heavy atom. The number of hydrogen-bond donors (Lipinski definition) is 0. The smallest absolute Gasteiger partial charge is 0.0694 e. The zero-order chi connectivity index (χ0) is 6.04. The van der Waals surface area contributed by atoms with Crippen molar-refractivity contribution >= 4 is 0 Å². The second kappa shape index (κ2) is 2.03. The monoisotopic (exact) mass is 114 g/mol. The quantitative estimate of drug-likeness (QED) is 0.427. The first kappa shape index (κ1) is 6.05. The molecule has 0 unspecified atom stereocenters. The molecule has 48 valence electrons. The first-order valence-electron chi connectivity index (χ1n) is 3.30. The summed E-state index contributed by atoms with van der Waals surface area (Å²) in [6.45, 7) is 2.11. The van der Waals surface area contributed by atoms with Gasteiger partial charge in [-0.3, -0.25) is 0 Å². The first-order valence-corrected chi connectivity index (χ1v) is 3.30. The summed E-state index contributed by atoms with van der Waals surface area (Å²) in [6.07, 6.45) is 3.84. The minimum atomic E-state index is 0.500. The molecule has 1 aliphatic rings. The summed E-state index contributed by atoms with van der Waals surface area (Å²) in [5.41, 5.74) is 0. The van der Waals surface area contributed by atoms with Crippen LogP contribution in [0.25, 0.3) is 5.84 Å². The predicted octanol–water partition coefficient (Wildman–Crippen LogP) is 1.58. The van der Waals surface area contributed by atoms with Gasteiger partial charge < -0.3 is 10.4 Å². The van der Waals surface area contributed by atoms with Crippen molar-refractivity contribution in [2.24, 2.45) is 0 Å². The maximum Gasteiger partial charge on any atom is 0.0694 e. The van der Waals surface area contributed by atoms with Crippen molar-refractivity contribution in [2.75, 3.05) is 20.1 Å². The Labute approximate surface area is 50.8 Å². The Balaban J connectivity index is 2.33. The zero-order valence-corrected chi connectivity index (χ0v) is 5.48. The van der Waals surface area contributed by atoms with E-state index >= 15 is 0 Å². The van der Waals surface area contributed by atoms with Crippen molar-refractivity contribution in [1.82, 2.24) is 0 Å². The Morgan fingerprint density at radius 2 is 1.62 bits per heavy atom. The summed E-state index contributed by atoms with van der Waals surface area (Å²) in [5, 5.41) is 0. The van der Waals surface area contributed by atoms with E-state index in [1.165, 1.54) is 19.3 Å². The molecule has 0 saturated carbocycles. The predicted molar refractivity (Wildman–Crippen MR) is 34.1 cm³/mol. The van der Waals surface area contributed by atoms with E-state index in [0.717, 1.165) is 13.1 Å². The molecule has 1 fully saturated rings. The van der Waals surface area contributed by atoms with Crippen LogP contribution in [-0.2, 0) is 0 Å². The molecule has 1 heterocycles. The molecule has 0 bridgehead atoms. The Morgan fingerprint density at radius 1 is 1.12 bits per heavy atom. The van der Waals surface area contributed by atoms with Crippen LogP contribution in [0.2, 0.25) is 0 Å². The fourth-order valence-electron chi connectivity index (χ4n) is 1.21. The fraction of sp³-hybridized carbons (Fsp3) is 1.00. The van der Waals surface area contributed by atoms with E-state index in [1.54, 1.807) is 0 Å². The number of rotatable bonds is 0.